The van der Waals surface area contributed by atoms with Crippen molar-refractivity contribution in [1.82, 2.24) is 5.32 Å². The van der Waals surface area contributed by atoms with E-state index >= 15 is 0 Å². The lowest BCUT2D eigenvalue weighted by Crippen LogP contribution is -2.25. The predicted octanol–water partition coefficient (Wildman–Crippen LogP) is 3.65. The SMILES string of the molecule is COc1ccc(NC(=O)COc2ccccc2C(=O)NCc2ccccc2)cc1OC. The molecule has 0 aliphatic carbocycles. The second kappa shape index (κ2) is 10.7. The molecule has 0 fully saturated rings. The average Bonchev–Trinajstić information content (AvgIpc) is 2.82. The molecule has 7 heteroatoms. The highest BCUT2D eigenvalue weighted by Crippen LogP contribution is 2.29. The van der Waals surface area contributed by atoms with Gasteiger partial charge in [0.1, 0.15) is 5.75 Å². The molecule has 0 saturated heterocycles. The van der Waals surface area contributed by atoms with Crippen molar-refractivity contribution in [3.63, 3.8) is 0 Å². The summed E-state index contributed by atoms with van der Waals surface area (Å²) in [4.78, 5) is 24.9. The van der Waals surface area contributed by atoms with Gasteiger partial charge in [-0.1, -0.05) is 42.5 Å². The van der Waals surface area contributed by atoms with Gasteiger partial charge in [-0.2, -0.15) is 0 Å². The number of benzene rings is 3. The van der Waals surface area contributed by atoms with Crippen LogP contribution in [-0.4, -0.2) is 32.6 Å². The largest absolute Gasteiger partial charge is 0.493 e. The van der Waals surface area contributed by atoms with Gasteiger partial charge in [0.15, 0.2) is 18.1 Å². The smallest absolute Gasteiger partial charge is 0.262 e. The predicted molar refractivity (Wildman–Crippen MR) is 118 cm³/mol. The van der Waals surface area contributed by atoms with E-state index in [1.54, 1.807) is 42.5 Å². The maximum atomic E-state index is 12.6. The van der Waals surface area contributed by atoms with Crippen molar-refractivity contribution in [2.75, 3.05) is 26.1 Å². The Labute approximate surface area is 180 Å². The molecule has 0 bridgehead atoms. The van der Waals surface area contributed by atoms with Gasteiger partial charge in [0.25, 0.3) is 11.8 Å². The summed E-state index contributed by atoms with van der Waals surface area (Å²) in [5.41, 5.74) is 1.89. The molecule has 0 spiro atoms. The molecule has 2 N–H and O–H groups in total. The number of para-hydroxylation sites is 1. The van der Waals surface area contributed by atoms with Crippen molar-refractivity contribution in [2.24, 2.45) is 0 Å². The minimum atomic E-state index is -0.369. The van der Waals surface area contributed by atoms with E-state index in [2.05, 4.69) is 10.6 Å². The van der Waals surface area contributed by atoms with Crippen LogP contribution < -0.4 is 24.8 Å². The summed E-state index contributed by atoms with van der Waals surface area (Å²) in [5.74, 6) is 0.746. The Morgan fingerprint density at radius 1 is 0.806 bits per heavy atom. The number of ether oxygens (including phenoxy) is 3. The number of anilines is 1. The van der Waals surface area contributed by atoms with Crippen LogP contribution >= 0.6 is 0 Å². The van der Waals surface area contributed by atoms with E-state index < -0.39 is 0 Å². The van der Waals surface area contributed by atoms with E-state index in [1.165, 1.54) is 14.2 Å². The van der Waals surface area contributed by atoms with Crippen LogP contribution in [0.25, 0.3) is 0 Å². The molecule has 0 unspecified atom stereocenters. The van der Waals surface area contributed by atoms with Gasteiger partial charge in [-0.15, -0.1) is 0 Å². The summed E-state index contributed by atoms with van der Waals surface area (Å²) in [7, 11) is 3.06. The Bertz CT molecular complexity index is 1040. The van der Waals surface area contributed by atoms with E-state index in [-0.39, 0.29) is 18.4 Å². The molecule has 0 saturated carbocycles. The Hall–Kier alpha value is -4.00. The molecule has 7 nitrogen and oxygen atoms in total. The zero-order valence-electron chi connectivity index (χ0n) is 17.4. The monoisotopic (exact) mass is 420 g/mol. The lowest BCUT2D eigenvalue weighted by atomic mass is 10.1. The number of nitrogens with one attached hydrogen (secondary N) is 2. The van der Waals surface area contributed by atoms with E-state index in [4.69, 9.17) is 14.2 Å². The number of carbonyl (C=O) groups is 2. The van der Waals surface area contributed by atoms with Crippen LogP contribution in [-0.2, 0) is 11.3 Å². The van der Waals surface area contributed by atoms with Crippen LogP contribution in [0.5, 0.6) is 17.2 Å². The maximum absolute atomic E-state index is 12.6. The number of carbonyl (C=O) groups excluding carboxylic acids is 2. The highest BCUT2D eigenvalue weighted by molar-refractivity contribution is 5.97. The molecule has 0 heterocycles. The topological polar surface area (TPSA) is 85.9 Å². The molecule has 3 rings (SSSR count). The second-order valence-corrected chi connectivity index (χ2v) is 6.57. The Balaban J connectivity index is 1.59. The Morgan fingerprint density at radius 3 is 2.26 bits per heavy atom. The fourth-order valence-electron chi connectivity index (χ4n) is 2.91. The number of rotatable bonds is 9. The van der Waals surface area contributed by atoms with Crippen molar-refractivity contribution in [3.05, 3.63) is 83.9 Å². The molecule has 3 aromatic rings. The first kappa shape index (κ1) is 21.7. The third-order valence-corrected chi connectivity index (χ3v) is 4.45. The van der Waals surface area contributed by atoms with E-state index in [0.29, 0.717) is 35.0 Å². The zero-order valence-corrected chi connectivity index (χ0v) is 17.4. The molecule has 0 aliphatic rings. The van der Waals surface area contributed by atoms with Gasteiger partial charge in [0, 0.05) is 18.3 Å². The average molecular weight is 420 g/mol. The number of methoxy groups -OCH3 is 2. The van der Waals surface area contributed by atoms with Crippen molar-refractivity contribution < 1.29 is 23.8 Å². The molecule has 160 valence electrons. The highest BCUT2D eigenvalue weighted by atomic mass is 16.5. The summed E-state index contributed by atoms with van der Waals surface area (Å²) in [5, 5.41) is 5.59. The molecule has 2 amide bonds. The van der Waals surface area contributed by atoms with E-state index in [0.717, 1.165) is 5.56 Å². The van der Waals surface area contributed by atoms with Gasteiger partial charge in [0.05, 0.1) is 19.8 Å². The van der Waals surface area contributed by atoms with Crippen molar-refractivity contribution in [3.8, 4) is 17.2 Å². The molecule has 0 atom stereocenters. The Kier molecular flexibility index (Phi) is 7.48. The maximum Gasteiger partial charge on any atom is 0.262 e. The molecule has 0 aliphatic heterocycles. The molecular weight excluding hydrogens is 396 g/mol. The molecule has 0 radical (unpaired) electrons. The van der Waals surface area contributed by atoms with Crippen molar-refractivity contribution >= 4 is 17.5 Å². The van der Waals surface area contributed by atoms with Gasteiger partial charge in [-0.05, 0) is 29.8 Å². The quantitative estimate of drug-likeness (QED) is 0.552. The number of hydrogen-bond acceptors (Lipinski definition) is 5. The first-order valence-electron chi connectivity index (χ1n) is 9.66. The summed E-state index contributed by atoms with van der Waals surface area (Å²) in [6.45, 7) is 0.144. The summed E-state index contributed by atoms with van der Waals surface area (Å²) < 4.78 is 16.0. The lowest BCUT2D eigenvalue weighted by Gasteiger charge is -2.13. The zero-order chi connectivity index (χ0) is 22.1. The fraction of sp³-hybridized carbons (Fsp3) is 0.167. The van der Waals surface area contributed by atoms with Crippen molar-refractivity contribution in [2.45, 2.75) is 6.54 Å². The lowest BCUT2D eigenvalue weighted by molar-refractivity contribution is -0.118. The van der Waals surface area contributed by atoms with Crippen LogP contribution in [0.1, 0.15) is 15.9 Å². The first-order valence-corrected chi connectivity index (χ1v) is 9.66. The minimum Gasteiger partial charge on any atom is -0.493 e. The van der Waals surface area contributed by atoms with Crippen LogP contribution in [0, 0.1) is 0 Å². The summed E-state index contributed by atoms with van der Waals surface area (Å²) in [6.07, 6.45) is 0. The third-order valence-electron chi connectivity index (χ3n) is 4.45. The van der Waals surface area contributed by atoms with Crippen molar-refractivity contribution in [1.29, 1.82) is 0 Å². The van der Waals surface area contributed by atoms with E-state index in [1.807, 2.05) is 30.3 Å². The van der Waals surface area contributed by atoms with Gasteiger partial charge in [-0.3, -0.25) is 9.59 Å². The van der Waals surface area contributed by atoms with Crippen LogP contribution in [0.2, 0.25) is 0 Å². The van der Waals surface area contributed by atoms with Gasteiger partial charge < -0.3 is 24.8 Å². The fourth-order valence-corrected chi connectivity index (χ4v) is 2.91. The normalized spacial score (nSPS) is 10.1. The summed E-state index contributed by atoms with van der Waals surface area (Å²) >= 11 is 0. The molecule has 0 aromatic heterocycles. The van der Waals surface area contributed by atoms with Gasteiger partial charge in [0.2, 0.25) is 0 Å². The third kappa shape index (κ3) is 5.99. The number of amides is 2. The Morgan fingerprint density at radius 2 is 1.52 bits per heavy atom. The van der Waals surface area contributed by atoms with Gasteiger partial charge >= 0.3 is 0 Å². The highest BCUT2D eigenvalue weighted by Gasteiger charge is 2.14. The minimum absolute atomic E-state index is 0.253. The van der Waals surface area contributed by atoms with Crippen LogP contribution in [0.15, 0.2) is 72.8 Å². The van der Waals surface area contributed by atoms with Crippen LogP contribution in [0.4, 0.5) is 5.69 Å². The molecule has 3 aromatic carbocycles. The summed E-state index contributed by atoms with van der Waals surface area (Å²) in [6, 6.07) is 21.5. The molecular formula is C24H24N2O5. The first-order chi connectivity index (χ1) is 15.1. The number of hydrogen-bond donors (Lipinski definition) is 2. The van der Waals surface area contributed by atoms with Crippen LogP contribution in [0.3, 0.4) is 0 Å². The second-order valence-electron chi connectivity index (χ2n) is 6.57. The standard InChI is InChI=1S/C24H24N2O5/c1-29-21-13-12-18(14-22(21)30-2)26-23(27)16-31-20-11-7-6-10-19(20)24(28)25-15-17-8-4-3-5-9-17/h3-14H,15-16H2,1-2H3,(H,25,28)(H,26,27). The van der Waals surface area contributed by atoms with E-state index in [9.17, 15) is 9.59 Å². The molecule has 31 heavy (non-hydrogen) atoms. The van der Waals surface area contributed by atoms with Gasteiger partial charge in [-0.25, -0.2) is 0 Å².